The molecule has 0 bridgehead atoms. The van der Waals surface area contributed by atoms with E-state index in [0.717, 1.165) is 0 Å². The number of carboxylic acid groups (broad SMARTS) is 1. The number of urea groups is 1. The smallest absolute Gasteiger partial charge is 0.323 e. The molecule has 0 radical (unpaired) electrons. The van der Waals surface area contributed by atoms with Gasteiger partial charge in [-0.05, 0) is 13.8 Å². The average Bonchev–Trinajstić information content (AvgIpc) is 2.21. The number of carboxylic acids is 1. The molecule has 0 heterocycles. The molecule has 0 aromatic heterocycles. The Hall–Kier alpha value is -1.52. The average molecular weight is 214 g/mol. The fourth-order valence-corrected chi connectivity index (χ4v) is 1.18. The first-order chi connectivity index (χ1) is 7.06. The van der Waals surface area contributed by atoms with Gasteiger partial charge in [-0.2, -0.15) is 0 Å². The second kappa shape index (κ2) is 6.86. The summed E-state index contributed by atoms with van der Waals surface area (Å²) in [5, 5.41) is 8.62. The number of hydrogen-bond donors (Lipinski definition) is 1. The van der Waals surface area contributed by atoms with E-state index in [-0.39, 0.29) is 12.6 Å². The first kappa shape index (κ1) is 13.5. The van der Waals surface area contributed by atoms with Crippen LogP contribution in [0.3, 0.4) is 0 Å². The van der Waals surface area contributed by atoms with Crippen molar-refractivity contribution in [2.75, 3.05) is 26.2 Å². The molecule has 5 heteroatoms. The minimum atomic E-state index is -1.00. The molecule has 0 rings (SSSR count). The number of carbonyl (C=O) groups excluding carboxylic acids is 1. The van der Waals surface area contributed by atoms with E-state index in [1.807, 2.05) is 6.92 Å². The van der Waals surface area contributed by atoms with Crippen LogP contribution in [0.2, 0.25) is 0 Å². The van der Waals surface area contributed by atoms with Crippen molar-refractivity contribution in [1.82, 2.24) is 9.80 Å². The van der Waals surface area contributed by atoms with Crippen molar-refractivity contribution in [3.05, 3.63) is 12.7 Å². The minimum Gasteiger partial charge on any atom is -0.480 e. The van der Waals surface area contributed by atoms with Crippen LogP contribution >= 0.6 is 0 Å². The zero-order valence-corrected chi connectivity index (χ0v) is 9.27. The minimum absolute atomic E-state index is 0.261. The number of carbonyl (C=O) groups is 2. The number of likely N-dealkylation sites (N-methyl/N-ethyl adjacent to an activating group) is 2. The predicted molar refractivity (Wildman–Crippen MR) is 57.7 cm³/mol. The van der Waals surface area contributed by atoms with Crippen LogP contribution in [-0.2, 0) is 4.79 Å². The van der Waals surface area contributed by atoms with Crippen LogP contribution in [0.1, 0.15) is 13.8 Å². The van der Waals surface area contributed by atoms with Crippen molar-refractivity contribution >= 4 is 12.0 Å². The van der Waals surface area contributed by atoms with Gasteiger partial charge in [-0.1, -0.05) is 6.08 Å². The Balaban J connectivity index is 4.46. The van der Waals surface area contributed by atoms with Gasteiger partial charge < -0.3 is 14.9 Å². The van der Waals surface area contributed by atoms with Crippen LogP contribution in [0.4, 0.5) is 4.79 Å². The number of hydrogen-bond acceptors (Lipinski definition) is 2. The molecule has 5 nitrogen and oxygen atoms in total. The lowest BCUT2D eigenvalue weighted by atomic mass is 10.4. The van der Waals surface area contributed by atoms with Crippen molar-refractivity contribution in [2.24, 2.45) is 0 Å². The van der Waals surface area contributed by atoms with E-state index in [1.165, 1.54) is 4.90 Å². The standard InChI is InChI=1S/C10H18N2O3/c1-4-7-11(5-2)10(15)12(6-3)8-9(13)14/h4H,1,5-8H2,2-3H3,(H,13,14). The normalized spacial score (nSPS) is 9.47. The van der Waals surface area contributed by atoms with Gasteiger partial charge >= 0.3 is 12.0 Å². The second-order valence-corrected chi connectivity index (χ2v) is 3.02. The molecular weight excluding hydrogens is 196 g/mol. The molecular formula is C10H18N2O3. The van der Waals surface area contributed by atoms with E-state index in [4.69, 9.17) is 5.11 Å². The molecule has 15 heavy (non-hydrogen) atoms. The van der Waals surface area contributed by atoms with Crippen LogP contribution in [0.15, 0.2) is 12.7 Å². The third-order valence-corrected chi connectivity index (χ3v) is 1.98. The highest BCUT2D eigenvalue weighted by molar-refractivity contribution is 5.80. The van der Waals surface area contributed by atoms with Crippen molar-refractivity contribution in [1.29, 1.82) is 0 Å². The maximum absolute atomic E-state index is 11.8. The molecule has 0 aliphatic carbocycles. The Morgan fingerprint density at radius 2 is 1.80 bits per heavy atom. The largest absolute Gasteiger partial charge is 0.480 e. The Bertz CT molecular complexity index is 241. The molecule has 0 aliphatic heterocycles. The zero-order chi connectivity index (χ0) is 11.8. The van der Waals surface area contributed by atoms with E-state index >= 15 is 0 Å². The predicted octanol–water partition coefficient (Wildman–Crippen LogP) is 1.02. The van der Waals surface area contributed by atoms with Crippen molar-refractivity contribution in [2.45, 2.75) is 13.8 Å². The van der Waals surface area contributed by atoms with E-state index in [9.17, 15) is 9.59 Å². The number of amides is 2. The summed E-state index contributed by atoms with van der Waals surface area (Å²) in [6, 6.07) is -0.262. The van der Waals surface area contributed by atoms with Gasteiger partial charge in [-0.3, -0.25) is 4.79 Å². The zero-order valence-electron chi connectivity index (χ0n) is 9.27. The number of rotatable bonds is 6. The molecule has 0 aliphatic rings. The lowest BCUT2D eigenvalue weighted by molar-refractivity contribution is -0.137. The van der Waals surface area contributed by atoms with Crippen LogP contribution < -0.4 is 0 Å². The first-order valence-electron chi connectivity index (χ1n) is 4.93. The summed E-state index contributed by atoms with van der Waals surface area (Å²) in [5.74, 6) is -1.00. The molecule has 0 aromatic carbocycles. The quantitative estimate of drug-likeness (QED) is 0.671. The summed E-state index contributed by atoms with van der Waals surface area (Å²) in [5.41, 5.74) is 0. The van der Waals surface area contributed by atoms with Crippen LogP contribution in [0.25, 0.3) is 0 Å². The van der Waals surface area contributed by atoms with E-state index in [2.05, 4.69) is 6.58 Å². The molecule has 0 atom stereocenters. The molecule has 0 saturated carbocycles. The summed E-state index contributed by atoms with van der Waals surface area (Å²) in [7, 11) is 0. The molecule has 2 amide bonds. The van der Waals surface area contributed by atoms with Gasteiger partial charge in [-0.25, -0.2) is 4.79 Å². The lowest BCUT2D eigenvalue weighted by Gasteiger charge is -2.27. The van der Waals surface area contributed by atoms with E-state index in [1.54, 1.807) is 17.9 Å². The van der Waals surface area contributed by atoms with E-state index in [0.29, 0.717) is 19.6 Å². The molecule has 1 N–H and O–H groups in total. The van der Waals surface area contributed by atoms with Crippen LogP contribution in [0, 0.1) is 0 Å². The molecule has 0 aromatic rings. The fourth-order valence-electron chi connectivity index (χ4n) is 1.18. The molecule has 0 spiro atoms. The fraction of sp³-hybridized carbons (Fsp3) is 0.600. The van der Waals surface area contributed by atoms with Crippen molar-refractivity contribution < 1.29 is 14.7 Å². The third kappa shape index (κ3) is 4.49. The highest BCUT2D eigenvalue weighted by Gasteiger charge is 2.19. The van der Waals surface area contributed by atoms with E-state index < -0.39 is 5.97 Å². The second-order valence-electron chi connectivity index (χ2n) is 3.02. The van der Waals surface area contributed by atoms with Gasteiger partial charge in [0.15, 0.2) is 0 Å². The van der Waals surface area contributed by atoms with Gasteiger partial charge in [0.05, 0.1) is 0 Å². The Morgan fingerprint density at radius 3 is 2.13 bits per heavy atom. The number of aliphatic carboxylic acids is 1. The maximum Gasteiger partial charge on any atom is 0.323 e. The van der Waals surface area contributed by atoms with Gasteiger partial charge in [0.2, 0.25) is 0 Å². The summed E-state index contributed by atoms with van der Waals surface area (Å²) in [4.78, 5) is 25.1. The Morgan fingerprint density at radius 1 is 1.27 bits per heavy atom. The summed E-state index contributed by atoms with van der Waals surface area (Å²) < 4.78 is 0. The monoisotopic (exact) mass is 214 g/mol. The molecule has 0 saturated heterocycles. The Kier molecular flexibility index (Phi) is 6.17. The molecule has 0 fully saturated rings. The topological polar surface area (TPSA) is 60.9 Å². The van der Waals surface area contributed by atoms with Gasteiger partial charge in [-0.15, -0.1) is 6.58 Å². The van der Waals surface area contributed by atoms with Crippen LogP contribution in [0.5, 0.6) is 0 Å². The van der Waals surface area contributed by atoms with Gasteiger partial charge in [0.1, 0.15) is 6.54 Å². The van der Waals surface area contributed by atoms with Gasteiger partial charge in [0.25, 0.3) is 0 Å². The summed E-state index contributed by atoms with van der Waals surface area (Å²) in [6.45, 7) is 8.25. The number of nitrogens with zero attached hydrogens (tertiary/aromatic N) is 2. The summed E-state index contributed by atoms with van der Waals surface area (Å²) in [6.07, 6.45) is 1.62. The Labute approximate surface area is 90.0 Å². The third-order valence-electron chi connectivity index (χ3n) is 1.98. The van der Waals surface area contributed by atoms with Gasteiger partial charge in [0, 0.05) is 19.6 Å². The van der Waals surface area contributed by atoms with Crippen molar-refractivity contribution in [3.63, 3.8) is 0 Å². The molecule has 86 valence electrons. The van der Waals surface area contributed by atoms with Crippen molar-refractivity contribution in [3.8, 4) is 0 Å². The molecule has 0 unspecified atom stereocenters. The first-order valence-corrected chi connectivity index (χ1v) is 4.93. The summed E-state index contributed by atoms with van der Waals surface area (Å²) >= 11 is 0. The lowest BCUT2D eigenvalue weighted by Crippen LogP contribution is -2.45. The highest BCUT2D eigenvalue weighted by atomic mass is 16.4. The maximum atomic E-state index is 11.8. The SMILES string of the molecule is C=CCN(CC)C(=O)N(CC)CC(=O)O. The highest BCUT2D eigenvalue weighted by Crippen LogP contribution is 1.99. The van der Waals surface area contributed by atoms with Crippen LogP contribution in [-0.4, -0.2) is 53.1 Å².